The summed E-state index contributed by atoms with van der Waals surface area (Å²) in [6.45, 7) is 8.58. The predicted molar refractivity (Wildman–Crippen MR) is 102 cm³/mol. The number of methoxy groups -OCH3 is 1. The van der Waals surface area contributed by atoms with Gasteiger partial charge in [-0.05, 0) is 31.6 Å². The lowest BCUT2D eigenvalue weighted by Gasteiger charge is -2.10. The first-order chi connectivity index (χ1) is 12.6. The minimum atomic E-state index is 0.384. The van der Waals surface area contributed by atoms with Gasteiger partial charge in [-0.25, -0.2) is 9.97 Å². The van der Waals surface area contributed by atoms with Crippen LogP contribution in [0.3, 0.4) is 0 Å². The highest BCUT2D eigenvalue weighted by molar-refractivity contribution is 7.18. The number of oxazole rings is 1. The van der Waals surface area contributed by atoms with Crippen molar-refractivity contribution < 1.29 is 13.9 Å². The number of hydrogen-bond donors (Lipinski definition) is 0. The molecule has 0 atom stereocenters. The first-order valence-electron chi connectivity index (χ1n) is 8.29. The van der Waals surface area contributed by atoms with Gasteiger partial charge in [0.05, 0.1) is 18.9 Å². The summed E-state index contributed by atoms with van der Waals surface area (Å²) < 4.78 is 15.9. The van der Waals surface area contributed by atoms with E-state index in [0.29, 0.717) is 30.2 Å². The molecule has 0 aromatic carbocycles. The van der Waals surface area contributed by atoms with Crippen molar-refractivity contribution in [2.45, 2.75) is 26.4 Å². The Labute approximate surface area is 156 Å². The molecule has 3 aromatic rings. The monoisotopic (exact) mass is 371 g/mol. The van der Waals surface area contributed by atoms with Crippen LogP contribution in [0.4, 0.5) is 0 Å². The van der Waals surface area contributed by atoms with Crippen LogP contribution in [0.5, 0.6) is 5.95 Å². The molecule has 0 saturated heterocycles. The van der Waals surface area contributed by atoms with Crippen LogP contribution in [0.2, 0.25) is 0 Å². The van der Waals surface area contributed by atoms with Gasteiger partial charge in [-0.3, -0.25) is 4.98 Å². The molecule has 0 bridgehead atoms. The molecule has 0 radical (unpaired) electrons. The Morgan fingerprint density at radius 3 is 2.77 bits per heavy atom. The minimum Gasteiger partial charge on any atom is -0.463 e. The van der Waals surface area contributed by atoms with Crippen molar-refractivity contribution in [3.63, 3.8) is 0 Å². The average molecular weight is 371 g/mol. The van der Waals surface area contributed by atoms with E-state index in [1.807, 2.05) is 26.0 Å². The van der Waals surface area contributed by atoms with Crippen molar-refractivity contribution in [3.05, 3.63) is 43.0 Å². The van der Waals surface area contributed by atoms with Crippen LogP contribution in [-0.4, -0.2) is 34.8 Å². The average Bonchev–Trinajstić information content (AvgIpc) is 3.30. The molecule has 26 heavy (non-hydrogen) atoms. The van der Waals surface area contributed by atoms with Gasteiger partial charge in [0.2, 0.25) is 5.89 Å². The Kier molecular flexibility index (Phi) is 5.80. The summed E-state index contributed by atoms with van der Waals surface area (Å²) in [4.78, 5) is 13.8. The molecule has 0 amide bonds. The third-order valence-electron chi connectivity index (χ3n) is 3.66. The Hall–Kier alpha value is -2.51. The maximum atomic E-state index is 5.67. The summed E-state index contributed by atoms with van der Waals surface area (Å²) in [6, 6.07) is 3.86. The fraction of sp³-hybridized carbons (Fsp3) is 0.316. The summed E-state index contributed by atoms with van der Waals surface area (Å²) in [5.41, 5.74) is 2.64. The first-order valence-corrected chi connectivity index (χ1v) is 9.11. The lowest BCUT2D eigenvalue weighted by atomic mass is 10.1. The SMILES string of the molecule is C=C1CCOc2oc(-c3cnc(-c4cccnc4)s3)nc21.COC(C)C. The number of ether oxygens (including phenoxy) is 2. The predicted octanol–water partition coefficient (Wildman–Crippen LogP) is 4.70. The number of rotatable bonds is 3. The van der Waals surface area contributed by atoms with Crippen molar-refractivity contribution in [1.82, 2.24) is 15.0 Å². The van der Waals surface area contributed by atoms with Crippen molar-refractivity contribution >= 4 is 16.9 Å². The summed E-state index contributed by atoms with van der Waals surface area (Å²) in [5.74, 6) is 0.980. The topological polar surface area (TPSA) is 70.3 Å². The number of aromatic nitrogens is 3. The van der Waals surface area contributed by atoms with Crippen LogP contribution in [0.1, 0.15) is 26.0 Å². The Bertz CT molecular complexity index is 871. The molecular weight excluding hydrogens is 350 g/mol. The highest BCUT2D eigenvalue weighted by Gasteiger charge is 2.23. The quantitative estimate of drug-likeness (QED) is 0.665. The second-order valence-corrected chi connectivity index (χ2v) is 6.94. The molecule has 1 aliphatic rings. The lowest BCUT2D eigenvalue weighted by Crippen LogP contribution is -2.05. The van der Waals surface area contributed by atoms with E-state index in [1.165, 1.54) is 11.3 Å². The maximum Gasteiger partial charge on any atom is 0.313 e. The number of pyridine rings is 1. The number of hydrogen-bond acceptors (Lipinski definition) is 7. The summed E-state index contributed by atoms with van der Waals surface area (Å²) in [7, 11) is 1.70. The van der Waals surface area contributed by atoms with Crippen LogP contribution >= 0.6 is 11.3 Å². The molecule has 136 valence electrons. The lowest BCUT2D eigenvalue weighted by molar-refractivity contribution is 0.134. The fourth-order valence-electron chi connectivity index (χ4n) is 2.11. The summed E-state index contributed by atoms with van der Waals surface area (Å²) >= 11 is 1.51. The smallest absolute Gasteiger partial charge is 0.313 e. The number of thiazole rings is 1. The Balaban J connectivity index is 0.000000349. The van der Waals surface area contributed by atoms with Gasteiger partial charge < -0.3 is 13.9 Å². The van der Waals surface area contributed by atoms with Crippen LogP contribution < -0.4 is 4.74 Å². The molecular formula is C19H21N3O3S. The maximum absolute atomic E-state index is 5.67. The normalized spacial score (nSPS) is 13.0. The van der Waals surface area contributed by atoms with E-state index in [9.17, 15) is 0 Å². The molecule has 0 unspecified atom stereocenters. The molecule has 0 N–H and O–H groups in total. The minimum absolute atomic E-state index is 0.384. The van der Waals surface area contributed by atoms with Gasteiger partial charge in [-0.2, -0.15) is 0 Å². The Morgan fingerprint density at radius 2 is 2.12 bits per heavy atom. The molecule has 4 heterocycles. The summed E-state index contributed by atoms with van der Waals surface area (Å²) in [6.07, 6.45) is 6.45. The van der Waals surface area contributed by atoms with Crippen LogP contribution in [0, 0.1) is 0 Å². The molecule has 7 heteroatoms. The van der Waals surface area contributed by atoms with Crippen molar-refractivity contribution in [2.24, 2.45) is 0 Å². The van der Waals surface area contributed by atoms with Gasteiger partial charge in [0.25, 0.3) is 0 Å². The molecule has 0 spiro atoms. The van der Waals surface area contributed by atoms with Crippen molar-refractivity contribution in [2.75, 3.05) is 13.7 Å². The van der Waals surface area contributed by atoms with Gasteiger partial charge in [-0.15, -0.1) is 11.3 Å². The number of nitrogens with zero attached hydrogens (tertiary/aromatic N) is 3. The molecule has 0 aliphatic carbocycles. The number of fused-ring (bicyclic) bond motifs is 1. The van der Waals surface area contributed by atoms with Gasteiger partial charge in [0.15, 0.2) is 5.69 Å². The molecule has 0 fully saturated rings. The highest BCUT2D eigenvalue weighted by atomic mass is 32.1. The summed E-state index contributed by atoms with van der Waals surface area (Å²) in [5, 5.41) is 0.883. The first kappa shape index (κ1) is 18.3. The third-order valence-corrected chi connectivity index (χ3v) is 4.70. The van der Waals surface area contributed by atoms with E-state index in [1.54, 1.807) is 25.7 Å². The third kappa shape index (κ3) is 4.17. The second kappa shape index (κ2) is 8.25. The molecule has 1 aliphatic heterocycles. The van der Waals surface area contributed by atoms with E-state index in [-0.39, 0.29) is 0 Å². The van der Waals surface area contributed by atoms with Gasteiger partial charge in [0, 0.05) is 31.5 Å². The molecule has 6 nitrogen and oxygen atoms in total. The molecule has 4 rings (SSSR count). The van der Waals surface area contributed by atoms with E-state index >= 15 is 0 Å². The van der Waals surface area contributed by atoms with Gasteiger partial charge in [-0.1, -0.05) is 6.58 Å². The van der Waals surface area contributed by atoms with E-state index < -0.39 is 0 Å². The van der Waals surface area contributed by atoms with Gasteiger partial charge >= 0.3 is 5.95 Å². The van der Waals surface area contributed by atoms with E-state index in [0.717, 1.165) is 27.4 Å². The van der Waals surface area contributed by atoms with Crippen molar-refractivity contribution in [1.29, 1.82) is 0 Å². The fourth-order valence-corrected chi connectivity index (χ4v) is 2.95. The van der Waals surface area contributed by atoms with E-state index in [4.69, 9.17) is 13.9 Å². The van der Waals surface area contributed by atoms with Crippen molar-refractivity contribution in [3.8, 4) is 27.3 Å². The van der Waals surface area contributed by atoms with Crippen LogP contribution in [0.25, 0.3) is 26.9 Å². The molecule has 0 saturated carbocycles. The van der Waals surface area contributed by atoms with Crippen LogP contribution in [-0.2, 0) is 4.74 Å². The second-order valence-electron chi connectivity index (χ2n) is 5.91. The standard InChI is InChI=1S/C15H11N3O2S.C4H10O/c1-9-4-6-19-15-12(9)18-13(20-15)11-8-17-14(21-11)10-3-2-5-16-7-10;1-4(2)5-3/h2-3,5,7-8H,1,4,6H2;4H,1-3H3. The largest absolute Gasteiger partial charge is 0.463 e. The van der Waals surface area contributed by atoms with E-state index in [2.05, 4.69) is 21.5 Å². The zero-order valence-corrected chi connectivity index (χ0v) is 15.9. The highest BCUT2D eigenvalue weighted by Crippen LogP contribution is 2.38. The zero-order chi connectivity index (χ0) is 18.5. The van der Waals surface area contributed by atoms with Crippen LogP contribution in [0.15, 0.2) is 41.7 Å². The zero-order valence-electron chi connectivity index (χ0n) is 15.1. The van der Waals surface area contributed by atoms with Gasteiger partial charge in [0.1, 0.15) is 9.88 Å². The molecule has 3 aromatic heterocycles. The Morgan fingerprint density at radius 1 is 1.31 bits per heavy atom.